The Hall–Kier alpha value is -3.01. The van der Waals surface area contributed by atoms with Crippen molar-refractivity contribution in [1.82, 2.24) is 0 Å². The molecule has 0 saturated heterocycles. The average Bonchev–Trinajstić information content (AvgIpc) is 2.54. The van der Waals surface area contributed by atoms with Crippen molar-refractivity contribution in [2.75, 3.05) is 0 Å². The molecule has 3 aromatic rings. The summed E-state index contributed by atoms with van der Waals surface area (Å²) in [6.07, 6.45) is 0. The third kappa shape index (κ3) is 2.35. The number of carbonyl (C=O) groups is 2. The number of aromatic carboxylic acids is 1. The Balaban J connectivity index is 2.14. The molecule has 0 fully saturated rings. The Morgan fingerprint density at radius 2 is 1.59 bits per heavy atom. The van der Waals surface area contributed by atoms with Crippen molar-refractivity contribution in [1.29, 1.82) is 0 Å². The maximum atomic E-state index is 13.8. The van der Waals surface area contributed by atoms with Crippen LogP contribution in [0.4, 0.5) is 4.39 Å². The van der Waals surface area contributed by atoms with Crippen molar-refractivity contribution in [3.8, 4) is 0 Å². The topological polar surface area (TPSA) is 54.4 Å². The summed E-state index contributed by atoms with van der Waals surface area (Å²) in [7, 11) is 0. The van der Waals surface area contributed by atoms with Crippen molar-refractivity contribution >= 4 is 22.5 Å². The molecule has 3 rings (SSSR count). The van der Waals surface area contributed by atoms with Crippen molar-refractivity contribution in [3.05, 3.63) is 83.2 Å². The number of carboxylic acids is 1. The highest BCUT2D eigenvalue weighted by molar-refractivity contribution is 6.15. The van der Waals surface area contributed by atoms with Crippen LogP contribution in [0.3, 0.4) is 0 Å². The molecule has 108 valence electrons. The van der Waals surface area contributed by atoms with E-state index in [4.69, 9.17) is 5.11 Å². The van der Waals surface area contributed by atoms with E-state index in [1.165, 1.54) is 24.3 Å². The molecule has 3 aromatic carbocycles. The van der Waals surface area contributed by atoms with E-state index in [0.717, 1.165) is 0 Å². The zero-order valence-corrected chi connectivity index (χ0v) is 11.4. The van der Waals surface area contributed by atoms with Crippen molar-refractivity contribution < 1.29 is 19.1 Å². The van der Waals surface area contributed by atoms with Crippen molar-refractivity contribution in [2.45, 2.75) is 0 Å². The van der Waals surface area contributed by atoms with E-state index in [2.05, 4.69) is 0 Å². The SMILES string of the molecule is O=C(O)c1ccccc1C(=O)c1ccc2cccc(F)c2c1. The number of carbonyl (C=O) groups excluding carboxylic acids is 1. The van der Waals surface area contributed by atoms with Crippen LogP contribution in [0.1, 0.15) is 26.3 Å². The van der Waals surface area contributed by atoms with Gasteiger partial charge in [-0.15, -0.1) is 0 Å². The summed E-state index contributed by atoms with van der Waals surface area (Å²) in [5.41, 5.74) is 0.276. The van der Waals surface area contributed by atoms with Gasteiger partial charge in [0.25, 0.3) is 0 Å². The average molecular weight is 294 g/mol. The molecule has 0 saturated carbocycles. The molecule has 1 N–H and O–H groups in total. The third-order valence-electron chi connectivity index (χ3n) is 3.49. The largest absolute Gasteiger partial charge is 0.478 e. The summed E-state index contributed by atoms with van der Waals surface area (Å²) in [6, 6.07) is 15.3. The molecule has 3 nitrogen and oxygen atoms in total. The van der Waals surface area contributed by atoms with E-state index >= 15 is 0 Å². The van der Waals surface area contributed by atoms with Gasteiger partial charge in [0.2, 0.25) is 0 Å². The minimum atomic E-state index is -1.17. The Morgan fingerprint density at radius 1 is 0.864 bits per heavy atom. The van der Waals surface area contributed by atoms with E-state index in [1.807, 2.05) is 0 Å². The molecule has 0 aliphatic rings. The van der Waals surface area contributed by atoms with Crippen LogP contribution in [0.2, 0.25) is 0 Å². The lowest BCUT2D eigenvalue weighted by atomic mass is 9.96. The summed E-state index contributed by atoms with van der Waals surface area (Å²) in [5, 5.41) is 10.2. The Labute approximate surface area is 125 Å². The zero-order chi connectivity index (χ0) is 15.7. The number of ketones is 1. The molecular formula is C18H11FO3. The molecule has 0 unspecified atom stereocenters. The van der Waals surface area contributed by atoms with Crippen molar-refractivity contribution in [2.24, 2.45) is 0 Å². The molecule has 0 atom stereocenters. The summed E-state index contributed by atoms with van der Waals surface area (Å²) >= 11 is 0. The van der Waals surface area contributed by atoms with Gasteiger partial charge in [0.05, 0.1) is 5.56 Å². The van der Waals surface area contributed by atoms with Gasteiger partial charge < -0.3 is 5.11 Å². The molecule has 0 aliphatic heterocycles. The maximum absolute atomic E-state index is 13.8. The highest BCUT2D eigenvalue weighted by Gasteiger charge is 2.17. The molecule has 0 aliphatic carbocycles. The number of hydrogen-bond donors (Lipinski definition) is 1. The third-order valence-corrected chi connectivity index (χ3v) is 3.49. The maximum Gasteiger partial charge on any atom is 0.336 e. The van der Waals surface area contributed by atoms with Crippen LogP contribution < -0.4 is 0 Å². The Bertz CT molecular complexity index is 900. The summed E-state index contributed by atoms with van der Waals surface area (Å²) in [5.74, 6) is -2.03. The molecule has 4 heteroatoms. The lowest BCUT2D eigenvalue weighted by Crippen LogP contribution is -2.09. The molecular weight excluding hydrogens is 283 g/mol. The second-order valence-electron chi connectivity index (χ2n) is 4.86. The van der Waals surface area contributed by atoms with Crippen LogP contribution in [0.15, 0.2) is 60.7 Å². The molecule has 0 amide bonds. The Morgan fingerprint density at radius 3 is 2.32 bits per heavy atom. The first-order valence-corrected chi connectivity index (χ1v) is 6.63. The second kappa shape index (κ2) is 5.41. The smallest absolute Gasteiger partial charge is 0.336 e. The fraction of sp³-hybridized carbons (Fsp3) is 0. The van der Waals surface area contributed by atoms with E-state index in [9.17, 15) is 14.0 Å². The summed E-state index contributed by atoms with van der Waals surface area (Å²) in [4.78, 5) is 23.8. The fourth-order valence-electron chi connectivity index (χ4n) is 2.40. The van der Waals surface area contributed by atoms with Gasteiger partial charge >= 0.3 is 5.97 Å². The monoisotopic (exact) mass is 294 g/mol. The zero-order valence-electron chi connectivity index (χ0n) is 11.4. The van der Waals surface area contributed by atoms with Crippen LogP contribution in [0, 0.1) is 5.82 Å². The van der Waals surface area contributed by atoms with Crippen LogP contribution in [-0.4, -0.2) is 16.9 Å². The minimum Gasteiger partial charge on any atom is -0.478 e. The number of halogens is 1. The van der Waals surface area contributed by atoms with Gasteiger partial charge in [-0.1, -0.05) is 42.5 Å². The number of hydrogen-bond acceptors (Lipinski definition) is 2. The minimum absolute atomic E-state index is 0.0684. The van der Waals surface area contributed by atoms with Crippen LogP contribution in [0.5, 0.6) is 0 Å². The first-order valence-electron chi connectivity index (χ1n) is 6.63. The number of fused-ring (bicyclic) bond motifs is 1. The van der Waals surface area contributed by atoms with E-state index in [0.29, 0.717) is 10.8 Å². The Kier molecular flexibility index (Phi) is 3.43. The lowest BCUT2D eigenvalue weighted by Gasteiger charge is -2.07. The van der Waals surface area contributed by atoms with Crippen molar-refractivity contribution in [3.63, 3.8) is 0 Å². The predicted molar refractivity (Wildman–Crippen MR) is 80.7 cm³/mol. The van der Waals surface area contributed by atoms with E-state index in [1.54, 1.807) is 36.4 Å². The molecule has 0 spiro atoms. The van der Waals surface area contributed by atoms with Gasteiger partial charge in [-0.05, 0) is 23.6 Å². The lowest BCUT2D eigenvalue weighted by molar-refractivity contribution is 0.0693. The molecule has 0 heterocycles. The van der Waals surface area contributed by atoms with Gasteiger partial charge in [0, 0.05) is 16.5 Å². The van der Waals surface area contributed by atoms with Crippen LogP contribution in [-0.2, 0) is 0 Å². The molecule has 22 heavy (non-hydrogen) atoms. The summed E-state index contributed by atoms with van der Waals surface area (Å²) < 4.78 is 13.8. The fourth-order valence-corrected chi connectivity index (χ4v) is 2.40. The molecule has 0 bridgehead atoms. The van der Waals surface area contributed by atoms with Gasteiger partial charge in [0.15, 0.2) is 5.78 Å². The predicted octanol–water partition coefficient (Wildman–Crippen LogP) is 3.91. The standard InChI is InChI=1S/C18H11FO3/c19-16-7-3-4-11-8-9-12(10-15(11)16)17(20)13-5-1-2-6-14(13)18(21)22/h1-10H,(H,21,22). The van der Waals surface area contributed by atoms with E-state index < -0.39 is 17.6 Å². The highest BCUT2D eigenvalue weighted by atomic mass is 19.1. The molecule has 0 aromatic heterocycles. The van der Waals surface area contributed by atoms with Gasteiger partial charge in [-0.25, -0.2) is 9.18 Å². The molecule has 0 radical (unpaired) electrons. The van der Waals surface area contributed by atoms with Crippen LogP contribution >= 0.6 is 0 Å². The highest BCUT2D eigenvalue weighted by Crippen LogP contribution is 2.22. The van der Waals surface area contributed by atoms with Crippen LogP contribution in [0.25, 0.3) is 10.8 Å². The van der Waals surface area contributed by atoms with E-state index in [-0.39, 0.29) is 16.7 Å². The van der Waals surface area contributed by atoms with Gasteiger partial charge in [-0.2, -0.15) is 0 Å². The number of rotatable bonds is 3. The second-order valence-corrected chi connectivity index (χ2v) is 4.86. The summed E-state index contributed by atoms with van der Waals surface area (Å²) in [6.45, 7) is 0. The number of carboxylic acid groups (broad SMARTS) is 1. The normalized spacial score (nSPS) is 10.6. The number of benzene rings is 3. The first kappa shape index (κ1) is 13.9. The quantitative estimate of drug-likeness (QED) is 0.745. The van der Waals surface area contributed by atoms with Gasteiger partial charge in [-0.3, -0.25) is 4.79 Å². The first-order chi connectivity index (χ1) is 10.6. The van der Waals surface area contributed by atoms with Gasteiger partial charge in [0.1, 0.15) is 5.82 Å².